The van der Waals surface area contributed by atoms with Gasteiger partial charge in [0.15, 0.2) is 0 Å². The Bertz CT molecular complexity index is 3450. The minimum absolute atomic E-state index is 0.510. The van der Waals surface area contributed by atoms with E-state index >= 15 is 0 Å². The lowest BCUT2D eigenvalue weighted by Gasteiger charge is -2.24. The topological polar surface area (TPSA) is 0 Å². The van der Waals surface area contributed by atoms with Gasteiger partial charge in [0, 0.05) is 9.75 Å². The lowest BCUT2D eigenvalue weighted by atomic mass is 9.79. The summed E-state index contributed by atoms with van der Waals surface area (Å²) in [6, 6.07) is 63.1. The molecule has 0 bridgehead atoms. The molecule has 0 spiro atoms. The molecule has 0 aliphatic heterocycles. The van der Waals surface area contributed by atoms with Crippen molar-refractivity contribution < 1.29 is 0 Å². The van der Waals surface area contributed by atoms with Crippen molar-refractivity contribution in [1.82, 2.24) is 0 Å². The first kappa shape index (κ1) is 40.7. The molecule has 0 N–H and O–H groups in total. The molecule has 1 heterocycles. The fourth-order valence-corrected chi connectivity index (χ4v) is 12.1. The van der Waals surface area contributed by atoms with E-state index in [-0.39, 0.29) is 0 Å². The molecular formula is C67H50S. The molecule has 7 aromatic carbocycles. The largest absolute Gasteiger partial charge is 0.135 e. The van der Waals surface area contributed by atoms with Gasteiger partial charge >= 0.3 is 0 Å². The zero-order valence-corrected chi connectivity index (χ0v) is 38.7. The second kappa shape index (κ2) is 17.3. The Hall–Kier alpha value is -7.58. The molecule has 0 amide bonds. The molecule has 2 saturated carbocycles. The Morgan fingerprint density at radius 1 is 0.471 bits per heavy atom. The first-order valence-corrected chi connectivity index (χ1v) is 25.2. The zero-order chi connectivity index (χ0) is 45.0. The molecule has 8 aromatic rings. The van der Waals surface area contributed by atoms with Crippen LogP contribution in [0, 0.1) is 17.8 Å². The SMILES string of the molecule is C1=CC=C(/C(=C/c2ccc(-c3c4c(c(-c5ccc(C=C(c6ccccc6)c6ccccc6)cc5)c5cc(-c6ccc(-c7ccccc7)s6)ccc35)C3CC3C=C4)cc2)C2=CC=CC3CC23)CC=C1. The van der Waals surface area contributed by atoms with Gasteiger partial charge in [-0.15, -0.1) is 11.3 Å². The van der Waals surface area contributed by atoms with Crippen LogP contribution in [0.2, 0.25) is 0 Å². The third kappa shape index (κ3) is 7.67. The molecule has 1 aromatic heterocycles. The minimum atomic E-state index is 0.510. The van der Waals surface area contributed by atoms with Crippen LogP contribution < -0.4 is 0 Å². The summed E-state index contributed by atoms with van der Waals surface area (Å²) in [5, 5.41) is 2.63. The average molecular weight is 887 g/mol. The van der Waals surface area contributed by atoms with Crippen molar-refractivity contribution in [3.63, 3.8) is 0 Å². The van der Waals surface area contributed by atoms with E-state index in [0.717, 1.165) is 6.42 Å². The van der Waals surface area contributed by atoms with Gasteiger partial charge in [0.25, 0.3) is 0 Å². The van der Waals surface area contributed by atoms with E-state index < -0.39 is 0 Å². The van der Waals surface area contributed by atoms with Crippen LogP contribution in [0.25, 0.3) is 77.7 Å². The minimum Gasteiger partial charge on any atom is -0.135 e. The number of allylic oxidation sites excluding steroid dienone is 12. The molecule has 0 nitrogen and oxygen atoms in total. The Kier molecular flexibility index (Phi) is 10.3. The molecular weight excluding hydrogens is 837 g/mol. The molecule has 13 rings (SSSR count). The van der Waals surface area contributed by atoms with Gasteiger partial charge in [-0.05, 0) is 173 Å². The first-order chi connectivity index (χ1) is 33.7. The second-order valence-corrected chi connectivity index (χ2v) is 20.1. The van der Waals surface area contributed by atoms with Gasteiger partial charge in [-0.3, -0.25) is 0 Å². The summed E-state index contributed by atoms with van der Waals surface area (Å²) in [6.07, 6.45) is 31.3. The monoisotopic (exact) mass is 886 g/mol. The smallest absolute Gasteiger partial charge is 0.0349 e. The highest BCUT2D eigenvalue weighted by Gasteiger charge is 2.43. The van der Waals surface area contributed by atoms with Gasteiger partial charge in [-0.1, -0.05) is 212 Å². The van der Waals surface area contributed by atoms with E-state index in [0.29, 0.717) is 23.7 Å². The van der Waals surface area contributed by atoms with Crippen LogP contribution in [0.4, 0.5) is 0 Å². The first-order valence-electron chi connectivity index (χ1n) is 24.3. The van der Waals surface area contributed by atoms with Gasteiger partial charge < -0.3 is 0 Å². The van der Waals surface area contributed by atoms with Crippen LogP contribution in [0.3, 0.4) is 0 Å². The average Bonchev–Trinajstić information content (AvgIpc) is 4.34. The molecule has 0 radical (unpaired) electrons. The highest BCUT2D eigenvalue weighted by Crippen LogP contribution is 2.59. The normalized spacial score (nSPS) is 19.6. The Morgan fingerprint density at radius 3 is 1.81 bits per heavy atom. The second-order valence-electron chi connectivity index (χ2n) is 19.0. The summed E-state index contributed by atoms with van der Waals surface area (Å²) in [4.78, 5) is 2.58. The van der Waals surface area contributed by atoms with Crippen LogP contribution >= 0.6 is 11.3 Å². The maximum Gasteiger partial charge on any atom is 0.0349 e. The van der Waals surface area contributed by atoms with Gasteiger partial charge in [0.2, 0.25) is 0 Å². The van der Waals surface area contributed by atoms with E-state index in [9.17, 15) is 0 Å². The molecule has 5 aliphatic rings. The van der Waals surface area contributed by atoms with Crippen LogP contribution in [-0.4, -0.2) is 0 Å². The van der Waals surface area contributed by atoms with Crippen molar-refractivity contribution >= 4 is 45.9 Å². The van der Waals surface area contributed by atoms with Crippen LogP contribution in [0.1, 0.15) is 58.6 Å². The van der Waals surface area contributed by atoms with Crippen LogP contribution in [-0.2, 0) is 0 Å². The Labute approximate surface area is 404 Å². The third-order valence-electron chi connectivity index (χ3n) is 14.8. The predicted molar refractivity (Wildman–Crippen MR) is 291 cm³/mol. The molecule has 5 aliphatic carbocycles. The fourth-order valence-electron chi connectivity index (χ4n) is 11.1. The van der Waals surface area contributed by atoms with Gasteiger partial charge in [0.1, 0.15) is 0 Å². The summed E-state index contributed by atoms with van der Waals surface area (Å²) in [5.41, 5.74) is 21.1. The van der Waals surface area contributed by atoms with E-state index in [2.05, 4.69) is 243 Å². The van der Waals surface area contributed by atoms with Crippen molar-refractivity contribution in [1.29, 1.82) is 0 Å². The summed E-state index contributed by atoms with van der Waals surface area (Å²) < 4.78 is 0. The van der Waals surface area contributed by atoms with Crippen molar-refractivity contribution in [3.05, 3.63) is 275 Å². The van der Waals surface area contributed by atoms with Gasteiger partial charge in [-0.25, -0.2) is 0 Å². The molecule has 4 atom stereocenters. The predicted octanol–water partition coefficient (Wildman–Crippen LogP) is 18.2. The van der Waals surface area contributed by atoms with Gasteiger partial charge in [0.05, 0.1) is 0 Å². The molecule has 2 fully saturated rings. The maximum atomic E-state index is 2.51. The maximum absolute atomic E-state index is 2.51. The van der Waals surface area contributed by atoms with E-state index in [1.165, 1.54) is 122 Å². The lowest BCUT2D eigenvalue weighted by Crippen LogP contribution is -2.02. The lowest BCUT2D eigenvalue weighted by molar-refractivity contribution is 0.918. The fraction of sp³-hybridized carbons (Fsp3) is 0.104. The summed E-state index contributed by atoms with van der Waals surface area (Å²) in [6.45, 7) is 0. The molecule has 68 heavy (non-hydrogen) atoms. The summed E-state index contributed by atoms with van der Waals surface area (Å²) in [7, 11) is 0. The molecule has 1 heteroatoms. The number of benzene rings is 7. The molecule has 4 unspecified atom stereocenters. The van der Waals surface area contributed by atoms with E-state index in [1.807, 2.05) is 11.3 Å². The highest BCUT2D eigenvalue weighted by molar-refractivity contribution is 7.18. The quantitative estimate of drug-likeness (QED) is 0.120. The Morgan fingerprint density at radius 2 is 1.09 bits per heavy atom. The van der Waals surface area contributed by atoms with Crippen molar-refractivity contribution in [2.24, 2.45) is 17.8 Å². The number of hydrogen-bond donors (Lipinski definition) is 0. The van der Waals surface area contributed by atoms with Crippen molar-refractivity contribution in [2.75, 3.05) is 0 Å². The van der Waals surface area contributed by atoms with Crippen LogP contribution in [0.15, 0.2) is 241 Å². The highest BCUT2D eigenvalue weighted by atomic mass is 32.1. The van der Waals surface area contributed by atoms with Crippen molar-refractivity contribution in [2.45, 2.75) is 25.2 Å². The number of rotatable bonds is 10. The van der Waals surface area contributed by atoms with E-state index in [4.69, 9.17) is 0 Å². The number of hydrogen-bond acceptors (Lipinski definition) is 1. The van der Waals surface area contributed by atoms with Crippen LogP contribution in [0.5, 0.6) is 0 Å². The molecule has 324 valence electrons. The standard InChI is InChI=1S/C67H50S/c1-2-7-20-48(19-6-1)59(55-24-14-23-52-41-60(52)55)40-45-25-29-50(30-26-45)65-56-35-34-54(64-38-37-63(68-64)49-21-12-5-13-22-49)43-62(56)66(67-57(65)36-33-53-42-61(53)67)51-31-27-44(28-32-51)39-58(46-15-8-3-9-16-46)47-17-10-4-11-18-47/h1-19,21-40,43,52-53,60-61H,20,41-42H2/b59-40-. The Balaban J connectivity index is 0.959. The zero-order valence-electron chi connectivity index (χ0n) is 37.9. The molecule has 0 saturated heterocycles. The van der Waals surface area contributed by atoms with E-state index in [1.54, 1.807) is 0 Å². The van der Waals surface area contributed by atoms with Crippen molar-refractivity contribution in [3.8, 4) is 43.1 Å². The van der Waals surface area contributed by atoms with Gasteiger partial charge in [-0.2, -0.15) is 0 Å². The third-order valence-corrected chi connectivity index (χ3v) is 16.0. The summed E-state index contributed by atoms with van der Waals surface area (Å²) >= 11 is 1.88. The summed E-state index contributed by atoms with van der Waals surface area (Å²) in [5.74, 6) is 2.42. The number of thiophene rings is 1. The number of fused-ring (bicyclic) bond motifs is 5.